The molecule has 0 atom stereocenters. The van der Waals surface area contributed by atoms with Gasteiger partial charge < -0.3 is 0 Å². The van der Waals surface area contributed by atoms with Gasteiger partial charge in [0.25, 0.3) is 5.56 Å². The summed E-state index contributed by atoms with van der Waals surface area (Å²) in [5.74, 6) is 0. The molecule has 24 heavy (non-hydrogen) atoms. The van der Waals surface area contributed by atoms with E-state index >= 15 is 0 Å². The van der Waals surface area contributed by atoms with E-state index in [-0.39, 0.29) is 5.56 Å². The average Bonchev–Trinajstić information content (AvgIpc) is 3.16. The molecule has 0 bridgehead atoms. The van der Waals surface area contributed by atoms with E-state index in [4.69, 9.17) is 0 Å². The van der Waals surface area contributed by atoms with Crippen molar-refractivity contribution < 1.29 is 0 Å². The third-order valence-electron chi connectivity index (χ3n) is 3.89. The van der Waals surface area contributed by atoms with Crippen LogP contribution < -0.4 is 5.56 Å². The number of nitrogens with zero attached hydrogens (tertiary/aromatic N) is 5. The van der Waals surface area contributed by atoms with E-state index in [0.717, 1.165) is 27.3 Å². The molecule has 4 aromatic rings. The van der Waals surface area contributed by atoms with Gasteiger partial charge in [-0.1, -0.05) is 18.2 Å². The standard InChI is InChI=1S/C17H15N5OS/c1-11-14(8-21(2)20-11)15-10-24-16(19-15)9-22-17(23)13-6-4-3-5-12(13)7-18-22/h3-8,10H,9H2,1-2H3. The fourth-order valence-electron chi connectivity index (χ4n) is 2.73. The number of fused-ring (bicyclic) bond motifs is 1. The highest BCUT2D eigenvalue weighted by molar-refractivity contribution is 7.09. The Morgan fingerprint density at radius 2 is 2.08 bits per heavy atom. The smallest absolute Gasteiger partial charge is 0.275 e. The van der Waals surface area contributed by atoms with Gasteiger partial charge in [0.15, 0.2) is 0 Å². The van der Waals surface area contributed by atoms with E-state index in [9.17, 15) is 4.79 Å². The van der Waals surface area contributed by atoms with E-state index in [2.05, 4.69) is 15.2 Å². The van der Waals surface area contributed by atoms with Gasteiger partial charge in [-0.05, 0) is 13.0 Å². The number of hydrogen-bond donors (Lipinski definition) is 0. The summed E-state index contributed by atoms with van der Waals surface area (Å²) in [6.07, 6.45) is 3.67. The Morgan fingerprint density at radius 3 is 2.88 bits per heavy atom. The van der Waals surface area contributed by atoms with Crippen LogP contribution in [0.25, 0.3) is 22.0 Å². The number of benzene rings is 1. The molecule has 0 aliphatic heterocycles. The molecule has 120 valence electrons. The molecular weight excluding hydrogens is 322 g/mol. The zero-order valence-electron chi connectivity index (χ0n) is 13.3. The molecule has 0 N–H and O–H groups in total. The predicted molar refractivity (Wildman–Crippen MR) is 94.2 cm³/mol. The second kappa shape index (κ2) is 5.68. The van der Waals surface area contributed by atoms with Crippen molar-refractivity contribution in [2.75, 3.05) is 0 Å². The molecule has 0 saturated carbocycles. The first kappa shape index (κ1) is 14.8. The zero-order chi connectivity index (χ0) is 16.7. The molecule has 0 amide bonds. The van der Waals surface area contributed by atoms with Crippen molar-refractivity contribution in [2.24, 2.45) is 7.05 Å². The van der Waals surface area contributed by atoms with Gasteiger partial charge in [0.05, 0.1) is 29.5 Å². The van der Waals surface area contributed by atoms with Crippen LogP contribution in [-0.2, 0) is 13.6 Å². The summed E-state index contributed by atoms with van der Waals surface area (Å²) < 4.78 is 3.24. The third-order valence-corrected chi connectivity index (χ3v) is 4.72. The van der Waals surface area contributed by atoms with Crippen molar-refractivity contribution in [3.8, 4) is 11.3 Å². The average molecular weight is 337 g/mol. The molecule has 7 heteroatoms. The first-order valence-electron chi connectivity index (χ1n) is 7.52. The predicted octanol–water partition coefficient (Wildman–Crippen LogP) is 2.61. The molecule has 6 nitrogen and oxygen atoms in total. The molecule has 0 saturated heterocycles. The Morgan fingerprint density at radius 1 is 1.25 bits per heavy atom. The maximum atomic E-state index is 12.5. The molecule has 0 unspecified atom stereocenters. The maximum Gasteiger partial charge on any atom is 0.275 e. The van der Waals surface area contributed by atoms with Gasteiger partial charge in [0.1, 0.15) is 5.01 Å². The summed E-state index contributed by atoms with van der Waals surface area (Å²) in [4.78, 5) is 17.2. The molecule has 3 aromatic heterocycles. The maximum absolute atomic E-state index is 12.5. The van der Waals surface area contributed by atoms with E-state index in [1.54, 1.807) is 10.9 Å². The molecule has 1 aromatic carbocycles. The van der Waals surface area contributed by atoms with Crippen LogP contribution in [0.1, 0.15) is 10.7 Å². The summed E-state index contributed by atoms with van der Waals surface area (Å²) >= 11 is 1.52. The van der Waals surface area contributed by atoms with Crippen molar-refractivity contribution in [3.63, 3.8) is 0 Å². The minimum absolute atomic E-state index is 0.0950. The number of thiazole rings is 1. The van der Waals surface area contributed by atoms with E-state index in [1.165, 1.54) is 16.0 Å². The normalized spacial score (nSPS) is 11.2. The lowest BCUT2D eigenvalue weighted by atomic mass is 10.2. The summed E-state index contributed by atoms with van der Waals surface area (Å²) in [6.45, 7) is 2.33. The van der Waals surface area contributed by atoms with Crippen LogP contribution in [0.5, 0.6) is 0 Å². The first-order chi connectivity index (χ1) is 11.6. The number of aryl methyl sites for hydroxylation is 2. The SMILES string of the molecule is Cc1nn(C)cc1-c1csc(Cn2ncc3ccccc3c2=O)n1. The zero-order valence-corrected chi connectivity index (χ0v) is 14.1. The van der Waals surface area contributed by atoms with E-state index in [0.29, 0.717) is 11.9 Å². The molecule has 4 rings (SSSR count). The lowest BCUT2D eigenvalue weighted by Crippen LogP contribution is -2.23. The van der Waals surface area contributed by atoms with Gasteiger partial charge in [-0.15, -0.1) is 11.3 Å². The minimum atomic E-state index is -0.0950. The van der Waals surface area contributed by atoms with Gasteiger partial charge in [-0.2, -0.15) is 10.2 Å². The van der Waals surface area contributed by atoms with E-state index < -0.39 is 0 Å². The number of rotatable bonds is 3. The van der Waals surface area contributed by atoms with E-state index in [1.807, 2.05) is 49.8 Å². The highest BCUT2D eigenvalue weighted by atomic mass is 32.1. The minimum Gasteiger partial charge on any atom is -0.275 e. The first-order valence-corrected chi connectivity index (χ1v) is 8.39. The van der Waals surface area contributed by atoms with Crippen molar-refractivity contribution in [1.29, 1.82) is 0 Å². The molecule has 0 radical (unpaired) electrons. The van der Waals surface area contributed by atoms with Crippen LogP contribution in [0.3, 0.4) is 0 Å². The lowest BCUT2D eigenvalue weighted by molar-refractivity contribution is 0.645. The molecule has 0 fully saturated rings. The van der Waals surface area contributed by atoms with Gasteiger partial charge in [-0.25, -0.2) is 9.67 Å². The topological polar surface area (TPSA) is 65.6 Å². The monoisotopic (exact) mass is 337 g/mol. The summed E-state index contributed by atoms with van der Waals surface area (Å²) in [6, 6.07) is 7.47. The fourth-order valence-corrected chi connectivity index (χ4v) is 3.50. The number of aromatic nitrogens is 5. The van der Waals surface area contributed by atoms with Crippen molar-refractivity contribution in [1.82, 2.24) is 24.5 Å². The van der Waals surface area contributed by atoms with Gasteiger partial charge in [0, 0.05) is 29.6 Å². The van der Waals surface area contributed by atoms with Crippen molar-refractivity contribution in [2.45, 2.75) is 13.5 Å². The third kappa shape index (κ3) is 2.52. The summed E-state index contributed by atoms with van der Waals surface area (Å²) in [5.41, 5.74) is 2.74. The largest absolute Gasteiger partial charge is 0.275 e. The van der Waals surface area contributed by atoms with Crippen molar-refractivity contribution >= 4 is 22.1 Å². The van der Waals surface area contributed by atoms with Gasteiger partial charge in [0.2, 0.25) is 0 Å². The highest BCUT2D eigenvalue weighted by Crippen LogP contribution is 2.24. The quantitative estimate of drug-likeness (QED) is 0.576. The van der Waals surface area contributed by atoms with Crippen LogP contribution in [0.4, 0.5) is 0 Å². The highest BCUT2D eigenvalue weighted by Gasteiger charge is 2.12. The Bertz CT molecular complexity index is 1090. The Hall–Kier alpha value is -2.80. The summed E-state index contributed by atoms with van der Waals surface area (Å²) in [5, 5.41) is 13.0. The van der Waals surface area contributed by atoms with Crippen LogP contribution in [0, 0.1) is 6.92 Å². The van der Waals surface area contributed by atoms with Crippen LogP contribution >= 0.6 is 11.3 Å². The van der Waals surface area contributed by atoms with Gasteiger partial charge in [-0.3, -0.25) is 9.48 Å². The lowest BCUT2D eigenvalue weighted by Gasteiger charge is -2.03. The second-order valence-electron chi connectivity index (χ2n) is 5.62. The Labute approximate surface area is 142 Å². The second-order valence-corrected chi connectivity index (χ2v) is 6.57. The van der Waals surface area contributed by atoms with Gasteiger partial charge >= 0.3 is 0 Å². The molecule has 0 aliphatic carbocycles. The molecular formula is C17H15N5OS. The molecule has 3 heterocycles. The van der Waals surface area contributed by atoms with Crippen LogP contribution in [0.2, 0.25) is 0 Å². The van der Waals surface area contributed by atoms with Crippen LogP contribution in [-0.4, -0.2) is 24.5 Å². The van der Waals surface area contributed by atoms with Crippen molar-refractivity contribution in [3.05, 3.63) is 63.1 Å². The van der Waals surface area contributed by atoms with Crippen LogP contribution in [0.15, 0.2) is 46.8 Å². The molecule has 0 spiro atoms. The fraction of sp³-hybridized carbons (Fsp3) is 0.176. The number of hydrogen-bond acceptors (Lipinski definition) is 5. The Kier molecular flexibility index (Phi) is 3.50. The Balaban J connectivity index is 1.68. The molecule has 0 aliphatic rings. The summed E-state index contributed by atoms with van der Waals surface area (Å²) in [7, 11) is 1.89.